The normalized spacial score (nSPS) is 20.7. The molecule has 0 aromatic rings. The number of carboxylic acid groups (broad SMARTS) is 4. The highest BCUT2D eigenvalue weighted by Crippen LogP contribution is 2.50. The van der Waals surface area contributed by atoms with Gasteiger partial charge >= 0.3 is 23.9 Å². The molecule has 1 aliphatic rings. The molecule has 1 saturated carbocycles. The first kappa shape index (κ1) is 12.9. The Morgan fingerprint density at radius 2 is 0.882 bits per heavy atom. The first-order valence-corrected chi connectivity index (χ1v) is 4.63. The predicted molar refractivity (Wildman–Crippen MR) is 49.3 cm³/mol. The average Bonchev–Trinajstić information content (AvgIpc) is 2.59. The van der Waals surface area contributed by atoms with Gasteiger partial charge in [-0.3, -0.25) is 19.2 Å². The molecule has 0 aromatic heterocycles. The van der Waals surface area contributed by atoms with Crippen molar-refractivity contribution in [2.75, 3.05) is 0 Å². The zero-order chi connectivity index (χ0) is 13.4. The molecule has 94 valence electrons. The molecule has 1 rings (SSSR count). The van der Waals surface area contributed by atoms with E-state index >= 15 is 0 Å². The molecule has 0 atom stereocenters. The van der Waals surface area contributed by atoms with Crippen LogP contribution in [0.2, 0.25) is 0 Å². The molecule has 0 aromatic carbocycles. The summed E-state index contributed by atoms with van der Waals surface area (Å²) in [5, 5.41) is 35.5. The molecular formula is C9H10O8. The van der Waals surface area contributed by atoms with E-state index in [0.29, 0.717) is 0 Å². The molecule has 4 N–H and O–H groups in total. The van der Waals surface area contributed by atoms with Gasteiger partial charge in [-0.15, -0.1) is 0 Å². The molecule has 1 aliphatic carbocycles. The van der Waals surface area contributed by atoms with E-state index in [0.717, 1.165) is 0 Å². The van der Waals surface area contributed by atoms with Gasteiger partial charge in [-0.05, 0) is 12.8 Å². The molecule has 0 spiro atoms. The summed E-state index contributed by atoms with van der Waals surface area (Å²) >= 11 is 0. The number of aliphatic carboxylic acids is 4. The zero-order valence-corrected chi connectivity index (χ0v) is 8.54. The topological polar surface area (TPSA) is 149 Å². The van der Waals surface area contributed by atoms with Gasteiger partial charge in [0.15, 0.2) is 10.8 Å². The minimum atomic E-state index is -2.34. The van der Waals surface area contributed by atoms with Crippen LogP contribution < -0.4 is 0 Å². The van der Waals surface area contributed by atoms with Crippen molar-refractivity contribution in [1.29, 1.82) is 0 Å². The predicted octanol–water partition coefficient (Wildman–Crippen LogP) is -0.519. The summed E-state index contributed by atoms with van der Waals surface area (Å²) in [6.07, 6.45) is -1.98. The van der Waals surface area contributed by atoms with E-state index in [1.165, 1.54) is 0 Å². The molecule has 8 nitrogen and oxygen atoms in total. The van der Waals surface area contributed by atoms with Crippen LogP contribution >= 0.6 is 0 Å². The van der Waals surface area contributed by atoms with Crippen LogP contribution in [-0.2, 0) is 19.2 Å². The molecule has 0 aliphatic heterocycles. The van der Waals surface area contributed by atoms with Gasteiger partial charge in [0.05, 0.1) is 0 Å². The van der Waals surface area contributed by atoms with Crippen LogP contribution in [0.5, 0.6) is 0 Å². The summed E-state index contributed by atoms with van der Waals surface area (Å²) in [7, 11) is 0. The number of carboxylic acids is 4. The quantitative estimate of drug-likeness (QED) is 0.484. The fourth-order valence-corrected chi connectivity index (χ4v) is 2.03. The Balaban J connectivity index is 3.24. The summed E-state index contributed by atoms with van der Waals surface area (Å²) in [6.45, 7) is 0. The van der Waals surface area contributed by atoms with Gasteiger partial charge < -0.3 is 20.4 Å². The smallest absolute Gasteiger partial charge is 0.321 e. The van der Waals surface area contributed by atoms with Gasteiger partial charge in [-0.2, -0.15) is 0 Å². The lowest BCUT2D eigenvalue weighted by Gasteiger charge is -2.22. The van der Waals surface area contributed by atoms with Gasteiger partial charge in [0.1, 0.15) is 0 Å². The third-order valence-electron chi connectivity index (χ3n) is 3.22. The van der Waals surface area contributed by atoms with Crippen LogP contribution in [0.3, 0.4) is 0 Å². The highest BCUT2D eigenvalue weighted by Gasteiger charge is 2.64. The molecule has 0 radical (unpaired) electrons. The SMILES string of the molecule is O=C(O)C1(C(=O)O)CCC(C(=O)O)(C(=O)O)C1. The maximum absolute atomic E-state index is 10.9. The fraction of sp³-hybridized carbons (Fsp3) is 0.556. The standard InChI is InChI=1S/C9H10O8/c10-4(11)8(5(12)13)1-2-9(3-8,6(14)15)7(16)17/h1-3H2,(H,10,11)(H,12,13)(H,14,15)(H,16,17). The van der Waals surface area contributed by atoms with Crippen molar-refractivity contribution >= 4 is 23.9 Å². The summed E-state index contributed by atoms with van der Waals surface area (Å²) in [5.74, 6) is -6.85. The second-order valence-electron chi connectivity index (χ2n) is 4.06. The first-order chi connectivity index (χ1) is 7.69. The Bertz CT molecular complexity index is 343. The first-order valence-electron chi connectivity index (χ1n) is 4.63. The minimum Gasteiger partial charge on any atom is -0.480 e. The Kier molecular flexibility index (Phi) is 2.83. The maximum atomic E-state index is 10.9. The summed E-state index contributed by atoms with van der Waals surface area (Å²) < 4.78 is 0. The lowest BCUT2D eigenvalue weighted by molar-refractivity contribution is -0.168. The average molecular weight is 246 g/mol. The lowest BCUT2D eigenvalue weighted by atomic mass is 9.79. The van der Waals surface area contributed by atoms with Crippen molar-refractivity contribution < 1.29 is 39.6 Å². The largest absolute Gasteiger partial charge is 0.480 e. The van der Waals surface area contributed by atoms with Crippen LogP contribution in [0.1, 0.15) is 19.3 Å². The van der Waals surface area contributed by atoms with Crippen LogP contribution in [0, 0.1) is 10.8 Å². The second kappa shape index (κ2) is 3.72. The second-order valence-corrected chi connectivity index (χ2v) is 4.06. The number of carbonyl (C=O) groups is 4. The van der Waals surface area contributed by atoms with E-state index < -0.39 is 54.0 Å². The fourth-order valence-electron chi connectivity index (χ4n) is 2.03. The minimum absolute atomic E-state index is 0.518. The maximum Gasteiger partial charge on any atom is 0.321 e. The van der Waals surface area contributed by atoms with Crippen LogP contribution in [-0.4, -0.2) is 44.3 Å². The van der Waals surface area contributed by atoms with E-state index in [1.807, 2.05) is 0 Å². The highest BCUT2D eigenvalue weighted by molar-refractivity contribution is 6.05. The molecule has 0 amide bonds. The summed E-state index contributed by atoms with van der Waals surface area (Å²) in [6, 6.07) is 0. The van der Waals surface area contributed by atoms with E-state index in [-0.39, 0.29) is 0 Å². The Labute approximate surface area is 94.5 Å². The van der Waals surface area contributed by atoms with Crippen molar-refractivity contribution in [3.05, 3.63) is 0 Å². The Morgan fingerprint density at radius 1 is 0.647 bits per heavy atom. The molecule has 0 heterocycles. The summed E-state index contributed by atoms with van der Waals surface area (Å²) in [4.78, 5) is 43.7. The molecule has 1 fully saturated rings. The molecule has 17 heavy (non-hydrogen) atoms. The van der Waals surface area contributed by atoms with Crippen molar-refractivity contribution in [2.45, 2.75) is 19.3 Å². The number of rotatable bonds is 4. The third-order valence-corrected chi connectivity index (χ3v) is 3.22. The van der Waals surface area contributed by atoms with Crippen molar-refractivity contribution in [3.63, 3.8) is 0 Å². The van der Waals surface area contributed by atoms with Gasteiger partial charge in [0, 0.05) is 6.42 Å². The van der Waals surface area contributed by atoms with Crippen LogP contribution in [0.4, 0.5) is 0 Å². The zero-order valence-electron chi connectivity index (χ0n) is 8.54. The van der Waals surface area contributed by atoms with E-state index in [2.05, 4.69) is 0 Å². The molecule has 8 heteroatoms. The van der Waals surface area contributed by atoms with Gasteiger partial charge in [-0.25, -0.2) is 0 Å². The van der Waals surface area contributed by atoms with Crippen molar-refractivity contribution in [3.8, 4) is 0 Å². The Morgan fingerprint density at radius 3 is 1.00 bits per heavy atom. The van der Waals surface area contributed by atoms with Gasteiger partial charge in [0.2, 0.25) is 0 Å². The molecular weight excluding hydrogens is 236 g/mol. The third kappa shape index (κ3) is 1.61. The number of hydrogen-bond donors (Lipinski definition) is 4. The van der Waals surface area contributed by atoms with E-state index in [4.69, 9.17) is 20.4 Å². The molecule has 0 unspecified atom stereocenters. The van der Waals surface area contributed by atoms with E-state index in [1.54, 1.807) is 0 Å². The van der Waals surface area contributed by atoms with Crippen molar-refractivity contribution in [2.24, 2.45) is 10.8 Å². The number of hydrogen-bond acceptors (Lipinski definition) is 4. The van der Waals surface area contributed by atoms with Crippen molar-refractivity contribution in [1.82, 2.24) is 0 Å². The lowest BCUT2D eigenvalue weighted by Crippen LogP contribution is -2.43. The van der Waals surface area contributed by atoms with E-state index in [9.17, 15) is 19.2 Å². The van der Waals surface area contributed by atoms with Gasteiger partial charge in [-0.1, -0.05) is 0 Å². The summed E-state index contributed by atoms with van der Waals surface area (Å²) in [5.41, 5.74) is -4.67. The Hall–Kier alpha value is -2.12. The monoisotopic (exact) mass is 246 g/mol. The van der Waals surface area contributed by atoms with Crippen LogP contribution in [0.15, 0.2) is 0 Å². The van der Waals surface area contributed by atoms with Gasteiger partial charge in [0.25, 0.3) is 0 Å². The van der Waals surface area contributed by atoms with Crippen LogP contribution in [0.25, 0.3) is 0 Å². The highest BCUT2D eigenvalue weighted by atomic mass is 16.4. The molecule has 0 bridgehead atoms. The molecule has 0 saturated heterocycles.